The number of nitrogens with zero attached hydrogens (tertiary/aromatic N) is 3. The van der Waals surface area contributed by atoms with E-state index in [0.29, 0.717) is 12.5 Å². The van der Waals surface area contributed by atoms with Crippen LogP contribution in [0.3, 0.4) is 0 Å². The molecule has 0 spiro atoms. The fraction of sp³-hybridized carbons (Fsp3) is 0.455. The van der Waals surface area contributed by atoms with E-state index in [9.17, 15) is 0 Å². The van der Waals surface area contributed by atoms with Crippen LogP contribution in [0.25, 0.3) is 0 Å². The van der Waals surface area contributed by atoms with E-state index in [4.69, 9.17) is 4.74 Å². The van der Waals surface area contributed by atoms with Gasteiger partial charge in [-0.15, -0.1) is 24.0 Å². The molecule has 0 amide bonds. The Morgan fingerprint density at radius 3 is 2.52 bits per heavy atom. The van der Waals surface area contributed by atoms with Crippen LogP contribution >= 0.6 is 24.0 Å². The molecule has 2 heterocycles. The number of aliphatic imine (C=N–C) groups is 1. The second-order valence-electron chi connectivity index (χ2n) is 7.20. The highest BCUT2D eigenvalue weighted by Crippen LogP contribution is 2.19. The lowest BCUT2D eigenvalue weighted by Gasteiger charge is -2.32. The Morgan fingerprint density at radius 1 is 1.14 bits per heavy atom. The number of aromatic nitrogens is 1. The molecule has 0 radical (unpaired) electrons. The first kappa shape index (κ1) is 23.4. The summed E-state index contributed by atoms with van der Waals surface area (Å²) in [6, 6.07) is 14.3. The van der Waals surface area contributed by atoms with Crippen molar-refractivity contribution in [2.24, 2.45) is 10.9 Å². The summed E-state index contributed by atoms with van der Waals surface area (Å²) in [5.74, 6) is 2.44. The predicted molar refractivity (Wildman–Crippen MR) is 129 cm³/mol. The number of hydrogen-bond acceptors (Lipinski definition) is 4. The molecular formula is C22H32IN5O. The van der Waals surface area contributed by atoms with E-state index in [2.05, 4.69) is 37.6 Å². The molecule has 7 heteroatoms. The Labute approximate surface area is 191 Å². The number of methoxy groups -OCH3 is 1. The molecule has 2 N–H and O–H groups in total. The van der Waals surface area contributed by atoms with E-state index in [1.807, 2.05) is 43.6 Å². The van der Waals surface area contributed by atoms with Crippen LogP contribution in [-0.2, 0) is 13.1 Å². The average Bonchev–Trinajstić information content (AvgIpc) is 2.76. The van der Waals surface area contributed by atoms with Crippen LogP contribution in [0.15, 0.2) is 53.7 Å². The normalized spacial score (nSPS) is 15.4. The molecule has 3 rings (SSSR count). The molecular weight excluding hydrogens is 477 g/mol. The van der Waals surface area contributed by atoms with Gasteiger partial charge in [-0.1, -0.05) is 18.2 Å². The molecule has 0 saturated carbocycles. The summed E-state index contributed by atoms with van der Waals surface area (Å²) < 4.78 is 5.23. The maximum absolute atomic E-state index is 5.23. The van der Waals surface area contributed by atoms with E-state index in [-0.39, 0.29) is 24.0 Å². The third-order valence-corrected chi connectivity index (χ3v) is 5.22. The van der Waals surface area contributed by atoms with Crippen molar-refractivity contribution in [2.75, 3.05) is 33.8 Å². The predicted octanol–water partition coefficient (Wildman–Crippen LogP) is 3.29. The van der Waals surface area contributed by atoms with Gasteiger partial charge in [-0.3, -0.25) is 14.9 Å². The summed E-state index contributed by atoms with van der Waals surface area (Å²) in [7, 11) is 3.52. The molecule has 2 aromatic rings. The van der Waals surface area contributed by atoms with E-state index in [0.717, 1.165) is 43.6 Å². The van der Waals surface area contributed by atoms with Gasteiger partial charge in [0.15, 0.2) is 5.96 Å². The van der Waals surface area contributed by atoms with Crippen LogP contribution in [-0.4, -0.2) is 49.6 Å². The van der Waals surface area contributed by atoms with Gasteiger partial charge >= 0.3 is 0 Å². The first-order valence-corrected chi connectivity index (χ1v) is 9.96. The molecule has 6 nitrogen and oxygen atoms in total. The minimum absolute atomic E-state index is 0. The van der Waals surface area contributed by atoms with Gasteiger partial charge in [0.05, 0.1) is 19.3 Å². The Morgan fingerprint density at radius 2 is 1.90 bits per heavy atom. The van der Waals surface area contributed by atoms with Gasteiger partial charge < -0.3 is 15.4 Å². The van der Waals surface area contributed by atoms with Crippen LogP contribution in [0.5, 0.6) is 5.75 Å². The topological polar surface area (TPSA) is 61.8 Å². The lowest BCUT2D eigenvalue weighted by Crippen LogP contribution is -2.42. The number of guanidine groups is 1. The van der Waals surface area contributed by atoms with Gasteiger partial charge in [-0.25, -0.2) is 0 Å². The Hall–Kier alpha value is -1.87. The molecule has 1 fully saturated rings. The molecule has 1 aliphatic heterocycles. The summed E-state index contributed by atoms with van der Waals surface area (Å²) in [5.41, 5.74) is 2.36. The van der Waals surface area contributed by atoms with Crippen molar-refractivity contribution in [1.82, 2.24) is 20.5 Å². The van der Waals surface area contributed by atoms with Crippen molar-refractivity contribution in [2.45, 2.75) is 25.9 Å². The van der Waals surface area contributed by atoms with Crippen molar-refractivity contribution in [1.29, 1.82) is 0 Å². The first-order valence-electron chi connectivity index (χ1n) is 9.96. The van der Waals surface area contributed by atoms with Gasteiger partial charge in [-0.05, 0) is 61.7 Å². The highest BCUT2D eigenvalue weighted by atomic mass is 127. The van der Waals surface area contributed by atoms with Crippen molar-refractivity contribution in [3.8, 4) is 5.75 Å². The second kappa shape index (κ2) is 12.6. The third-order valence-electron chi connectivity index (χ3n) is 5.22. The molecule has 0 bridgehead atoms. The van der Waals surface area contributed by atoms with E-state index >= 15 is 0 Å². The molecule has 29 heavy (non-hydrogen) atoms. The summed E-state index contributed by atoms with van der Waals surface area (Å²) >= 11 is 0. The van der Waals surface area contributed by atoms with Gasteiger partial charge in [0.2, 0.25) is 0 Å². The zero-order valence-electron chi connectivity index (χ0n) is 17.3. The van der Waals surface area contributed by atoms with Crippen LogP contribution in [0.4, 0.5) is 0 Å². The smallest absolute Gasteiger partial charge is 0.191 e. The zero-order valence-corrected chi connectivity index (χ0v) is 19.6. The number of piperidine rings is 1. The number of benzene rings is 1. The van der Waals surface area contributed by atoms with E-state index in [1.165, 1.54) is 18.4 Å². The molecule has 1 aliphatic rings. The Kier molecular flexibility index (Phi) is 10.2. The quantitative estimate of drug-likeness (QED) is 0.341. The highest BCUT2D eigenvalue weighted by molar-refractivity contribution is 14.0. The molecule has 158 valence electrons. The van der Waals surface area contributed by atoms with Gasteiger partial charge in [0.1, 0.15) is 5.75 Å². The highest BCUT2D eigenvalue weighted by Gasteiger charge is 2.19. The van der Waals surface area contributed by atoms with Gasteiger partial charge in [0.25, 0.3) is 0 Å². The Bertz CT molecular complexity index is 731. The van der Waals surface area contributed by atoms with Crippen molar-refractivity contribution < 1.29 is 4.74 Å². The summed E-state index contributed by atoms with van der Waals surface area (Å²) in [6.45, 7) is 4.92. The molecule has 0 atom stereocenters. The summed E-state index contributed by atoms with van der Waals surface area (Å²) in [5, 5.41) is 6.80. The number of hydrogen-bond donors (Lipinski definition) is 2. The number of rotatable bonds is 7. The third kappa shape index (κ3) is 7.81. The SMILES string of the molecule is CN=C(NCc1ccccn1)NCC1CCN(Cc2ccc(OC)cc2)CC1.I. The van der Waals surface area contributed by atoms with Gasteiger partial charge in [0, 0.05) is 26.3 Å². The largest absolute Gasteiger partial charge is 0.497 e. The van der Waals surface area contributed by atoms with E-state index < -0.39 is 0 Å². The lowest BCUT2D eigenvalue weighted by atomic mass is 9.96. The summed E-state index contributed by atoms with van der Waals surface area (Å²) in [6.07, 6.45) is 4.23. The zero-order chi connectivity index (χ0) is 19.6. The number of nitrogens with one attached hydrogen (secondary N) is 2. The molecule has 0 unspecified atom stereocenters. The minimum Gasteiger partial charge on any atom is -0.497 e. The molecule has 0 aliphatic carbocycles. The standard InChI is InChI=1S/C22H31N5O.HI/c1-23-22(26-16-20-5-3-4-12-24-20)25-15-18-10-13-27(14-11-18)17-19-6-8-21(28-2)9-7-19;/h3-9,12,18H,10-11,13-17H2,1-2H3,(H2,23,25,26);1H. The van der Waals surface area contributed by atoms with Crippen LogP contribution in [0.2, 0.25) is 0 Å². The molecule has 1 aromatic heterocycles. The van der Waals surface area contributed by atoms with Crippen LogP contribution in [0.1, 0.15) is 24.1 Å². The number of likely N-dealkylation sites (tertiary alicyclic amines) is 1. The van der Waals surface area contributed by atoms with Crippen molar-refractivity contribution >= 4 is 29.9 Å². The minimum atomic E-state index is 0. The second-order valence-corrected chi connectivity index (χ2v) is 7.20. The Balaban J connectivity index is 0.00000300. The average molecular weight is 509 g/mol. The first-order chi connectivity index (χ1) is 13.8. The van der Waals surface area contributed by atoms with E-state index in [1.54, 1.807) is 7.11 Å². The molecule has 1 aromatic carbocycles. The number of pyridine rings is 1. The monoisotopic (exact) mass is 509 g/mol. The number of ether oxygens (including phenoxy) is 1. The fourth-order valence-electron chi connectivity index (χ4n) is 3.48. The summed E-state index contributed by atoms with van der Waals surface area (Å²) in [4.78, 5) is 11.2. The maximum Gasteiger partial charge on any atom is 0.191 e. The van der Waals surface area contributed by atoms with Crippen LogP contribution < -0.4 is 15.4 Å². The number of halogens is 1. The van der Waals surface area contributed by atoms with Gasteiger partial charge in [-0.2, -0.15) is 0 Å². The van der Waals surface area contributed by atoms with Crippen LogP contribution in [0, 0.1) is 5.92 Å². The fourth-order valence-corrected chi connectivity index (χ4v) is 3.48. The van der Waals surface area contributed by atoms with Crippen molar-refractivity contribution in [3.05, 3.63) is 59.9 Å². The lowest BCUT2D eigenvalue weighted by molar-refractivity contribution is 0.178. The molecule has 1 saturated heterocycles. The maximum atomic E-state index is 5.23. The van der Waals surface area contributed by atoms with Crippen molar-refractivity contribution in [3.63, 3.8) is 0 Å².